The van der Waals surface area contributed by atoms with Crippen LogP contribution in [0.15, 0.2) is 164 Å². The zero-order valence-electron chi connectivity index (χ0n) is 24.8. The molecule has 0 N–H and O–H groups in total. The SMILES string of the molecule is c1ccc(-n2c3ccccc3c3c4nc(-c5ccc(-c6ccncc6)cc5)n(-c5ccc(-c6ccccn6)cc5)c4ccc32)cc1. The van der Waals surface area contributed by atoms with Crippen LogP contribution < -0.4 is 0 Å². The molecule has 0 aliphatic carbocycles. The second kappa shape index (κ2) is 10.7. The molecule has 5 aromatic carbocycles. The van der Waals surface area contributed by atoms with Gasteiger partial charge in [-0.1, -0.05) is 78.9 Å². The topological polar surface area (TPSA) is 48.5 Å². The summed E-state index contributed by atoms with van der Waals surface area (Å²) in [5, 5.41) is 2.33. The maximum Gasteiger partial charge on any atom is 0.145 e. The van der Waals surface area contributed by atoms with Crippen LogP contribution in [0.1, 0.15) is 0 Å². The Bertz CT molecular complexity index is 2480. The molecule has 5 nitrogen and oxygen atoms in total. The third kappa shape index (κ3) is 4.21. The van der Waals surface area contributed by atoms with Crippen molar-refractivity contribution in [3.05, 3.63) is 164 Å². The predicted octanol–water partition coefficient (Wildman–Crippen LogP) is 9.91. The van der Waals surface area contributed by atoms with Crippen LogP contribution in [-0.4, -0.2) is 24.1 Å². The lowest BCUT2D eigenvalue weighted by atomic mass is 10.0. The van der Waals surface area contributed by atoms with E-state index in [1.165, 1.54) is 5.39 Å². The van der Waals surface area contributed by atoms with Crippen molar-refractivity contribution in [2.24, 2.45) is 0 Å². The van der Waals surface area contributed by atoms with Crippen molar-refractivity contribution < 1.29 is 0 Å². The van der Waals surface area contributed by atoms with Gasteiger partial charge in [0.15, 0.2) is 0 Å². The molecule has 216 valence electrons. The van der Waals surface area contributed by atoms with Crippen LogP contribution in [0.2, 0.25) is 0 Å². The molecule has 0 amide bonds. The van der Waals surface area contributed by atoms with Crippen LogP contribution in [0.3, 0.4) is 0 Å². The molecule has 46 heavy (non-hydrogen) atoms. The first kappa shape index (κ1) is 26.1. The number of imidazole rings is 1. The van der Waals surface area contributed by atoms with E-state index in [1.54, 1.807) is 0 Å². The summed E-state index contributed by atoms with van der Waals surface area (Å²) >= 11 is 0. The summed E-state index contributed by atoms with van der Waals surface area (Å²) in [6, 6.07) is 51.0. The number of hydrogen-bond acceptors (Lipinski definition) is 3. The van der Waals surface area contributed by atoms with Gasteiger partial charge in [0.05, 0.1) is 27.8 Å². The first-order valence-corrected chi connectivity index (χ1v) is 15.4. The Labute approximate surface area is 265 Å². The van der Waals surface area contributed by atoms with Crippen LogP contribution in [0, 0.1) is 0 Å². The quantitative estimate of drug-likeness (QED) is 0.201. The average Bonchev–Trinajstić information content (AvgIpc) is 3.69. The molecule has 5 heteroatoms. The summed E-state index contributed by atoms with van der Waals surface area (Å²) in [7, 11) is 0. The Hall–Kier alpha value is -6.33. The number of benzene rings is 5. The maximum absolute atomic E-state index is 5.45. The number of fused-ring (bicyclic) bond motifs is 5. The lowest BCUT2D eigenvalue weighted by Gasteiger charge is -2.12. The Morgan fingerprint density at radius 2 is 1.07 bits per heavy atom. The highest BCUT2D eigenvalue weighted by atomic mass is 15.1. The van der Waals surface area contributed by atoms with Gasteiger partial charge in [-0.25, -0.2) is 4.98 Å². The Morgan fingerprint density at radius 3 is 1.85 bits per heavy atom. The van der Waals surface area contributed by atoms with Crippen molar-refractivity contribution >= 4 is 32.8 Å². The Kier molecular flexibility index (Phi) is 6.06. The van der Waals surface area contributed by atoms with Crippen molar-refractivity contribution in [2.75, 3.05) is 0 Å². The van der Waals surface area contributed by atoms with Gasteiger partial charge in [0.25, 0.3) is 0 Å². The molecule has 9 rings (SSSR count). The van der Waals surface area contributed by atoms with E-state index in [0.717, 1.165) is 72.6 Å². The maximum atomic E-state index is 5.45. The molecule has 0 aliphatic heterocycles. The molecule has 0 bridgehead atoms. The van der Waals surface area contributed by atoms with E-state index in [0.29, 0.717) is 0 Å². The molecule has 4 aromatic heterocycles. The van der Waals surface area contributed by atoms with E-state index in [2.05, 4.69) is 134 Å². The first-order valence-electron chi connectivity index (χ1n) is 15.4. The summed E-state index contributed by atoms with van der Waals surface area (Å²) in [5.41, 5.74) is 11.8. The summed E-state index contributed by atoms with van der Waals surface area (Å²) in [4.78, 5) is 14.2. The number of rotatable bonds is 5. The third-order valence-corrected chi connectivity index (χ3v) is 8.72. The fourth-order valence-corrected chi connectivity index (χ4v) is 6.58. The number of nitrogens with zero attached hydrogens (tertiary/aromatic N) is 5. The number of para-hydroxylation sites is 2. The highest BCUT2D eigenvalue weighted by Gasteiger charge is 2.21. The van der Waals surface area contributed by atoms with Crippen LogP contribution in [-0.2, 0) is 0 Å². The smallest absolute Gasteiger partial charge is 0.145 e. The van der Waals surface area contributed by atoms with E-state index in [-0.39, 0.29) is 0 Å². The molecule has 0 aliphatic rings. The summed E-state index contributed by atoms with van der Waals surface area (Å²) in [5.74, 6) is 0.894. The van der Waals surface area contributed by atoms with Gasteiger partial charge in [-0.3, -0.25) is 14.5 Å². The zero-order valence-corrected chi connectivity index (χ0v) is 24.8. The van der Waals surface area contributed by atoms with Crippen LogP contribution in [0.25, 0.3) is 78.0 Å². The normalized spacial score (nSPS) is 11.5. The number of pyridine rings is 2. The first-order chi connectivity index (χ1) is 22.8. The van der Waals surface area contributed by atoms with Crippen LogP contribution in [0.4, 0.5) is 0 Å². The van der Waals surface area contributed by atoms with Gasteiger partial charge in [0.2, 0.25) is 0 Å². The van der Waals surface area contributed by atoms with E-state index < -0.39 is 0 Å². The van der Waals surface area contributed by atoms with Crippen molar-refractivity contribution in [3.63, 3.8) is 0 Å². The molecule has 0 atom stereocenters. The van der Waals surface area contributed by atoms with Gasteiger partial charge < -0.3 is 4.57 Å². The van der Waals surface area contributed by atoms with Gasteiger partial charge in [-0.05, 0) is 77.9 Å². The molecule has 0 spiro atoms. The summed E-state index contributed by atoms with van der Waals surface area (Å²) in [6.07, 6.45) is 5.49. The molecule has 9 aromatic rings. The van der Waals surface area contributed by atoms with Gasteiger partial charge >= 0.3 is 0 Å². The lowest BCUT2D eigenvalue weighted by Crippen LogP contribution is -1.98. The van der Waals surface area contributed by atoms with Crippen molar-refractivity contribution in [1.82, 2.24) is 24.1 Å². The molecule has 0 saturated heterocycles. The van der Waals surface area contributed by atoms with E-state index in [4.69, 9.17) is 4.98 Å². The molecular weight excluding hydrogens is 562 g/mol. The predicted molar refractivity (Wildman–Crippen MR) is 187 cm³/mol. The molecule has 0 radical (unpaired) electrons. The van der Waals surface area contributed by atoms with E-state index in [9.17, 15) is 0 Å². The molecule has 4 heterocycles. The van der Waals surface area contributed by atoms with Gasteiger partial charge in [0, 0.05) is 51.9 Å². The zero-order chi connectivity index (χ0) is 30.5. The standard InChI is InChI=1S/C41H27N5/c1-2-8-32(9-3-1)45-36-12-5-4-10-34(36)39-37(45)21-22-38-40(39)44-41(31-15-13-28(14-16-31)29-23-26-42-27-24-29)46(38)33-19-17-30(18-20-33)35-11-6-7-25-43-35/h1-27H. The summed E-state index contributed by atoms with van der Waals surface area (Å²) < 4.78 is 4.63. The molecule has 0 unspecified atom stereocenters. The second-order valence-electron chi connectivity index (χ2n) is 11.4. The average molecular weight is 590 g/mol. The van der Waals surface area contributed by atoms with E-state index in [1.807, 2.05) is 48.9 Å². The fourth-order valence-electron chi connectivity index (χ4n) is 6.58. The number of aromatic nitrogens is 5. The Balaban J connectivity index is 1.30. The van der Waals surface area contributed by atoms with Crippen molar-refractivity contribution in [3.8, 4) is 45.1 Å². The molecular formula is C41H27N5. The number of hydrogen-bond donors (Lipinski definition) is 0. The minimum absolute atomic E-state index is 0.894. The Morgan fingerprint density at radius 1 is 0.413 bits per heavy atom. The largest absolute Gasteiger partial charge is 0.309 e. The van der Waals surface area contributed by atoms with Crippen LogP contribution >= 0.6 is 0 Å². The van der Waals surface area contributed by atoms with Crippen LogP contribution in [0.5, 0.6) is 0 Å². The molecule has 0 saturated carbocycles. The fraction of sp³-hybridized carbons (Fsp3) is 0. The minimum Gasteiger partial charge on any atom is -0.309 e. The summed E-state index contributed by atoms with van der Waals surface area (Å²) in [6.45, 7) is 0. The third-order valence-electron chi connectivity index (χ3n) is 8.72. The van der Waals surface area contributed by atoms with Gasteiger partial charge in [-0.2, -0.15) is 0 Å². The second-order valence-corrected chi connectivity index (χ2v) is 11.4. The van der Waals surface area contributed by atoms with E-state index >= 15 is 0 Å². The monoisotopic (exact) mass is 589 g/mol. The molecule has 0 fully saturated rings. The van der Waals surface area contributed by atoms with Crippen molar-refractivity contribution in [2.45, 2.75) is 0 Å². The van der Waals surface area contributed by atoms with Crippen molar-refractivity contribution in [1.29, 1.82) is 0 Å². The highest BCUT2D eigenvalue weighted by Crippen LogP contribution is 2.39. The minimum atomic E-state index is 0.894. The lowest BCUT2D eigenvalue weighted by molar-refractivity contribution is 1.10. The van der Waals surface area contributed by atoms with Gasteiger partial charge in [-0.15, -0.1) is 0 Å². The highest BCUT2D eigenvalue weighted by molar-refractivity contribution is 6.20. The van der Waals surface area contributed by atoms with Gasteiger partial charge in [0.1, 0.15) is 5.82 Å².